The molecule has 11 heteroatoms. The molecule has 0 fully saturated rings. The Bertz CT molecular complexity index is 874. The van der Waals surface area contributed by atoms with Gasteiger partial charge in [-0.15, -0.1) is 0 Å². The average Bonchev–Trinajstić information content (AvgIpc) is 2.68. The number of carbonyl (C=O) groups is 1. The number of benzene rings is 1. The van der Waals surface area contributed by atoms with Crippen LogP contribution in [0.2, 0.25) is 0 Å². The summed E-state index contributed by atoms with van der Waals surface area (Å²) in [5.74, 6) is 0.322. The van der Waals surface area contributed by atoms with Gasteiger partial charge >= 0.3 is 12.1 Å². The number of hydrogen-bond donors (Lipinski definition) is 1. The number of nitrogens with zero attached hydrogens (tertiary/aromatic N) is 2. The fourth-order valence-corrected chi connectivity index (χ4v) is 2.45. The van der Waals surface area contributed by atoms with Gasteiger partial charge < -0.3 is 14.2 Å². The zero-order valence-electron chi connectivity index (χ0n) is 15.4. The van der Waals surface area contributed by atoms with Gasteiger partial charge in [-0.2, -0.15) is 18.3 Å². The van der Waals surface area contributed by atoms with Gasteiger partial charge in [0, 0.05) is 16.2 Å². The molecule has 29 heavy (non-hydrogen) atoms. The highest BCUT2D eigenvalue weighted by Crippen LogP contribution is 2.33. The topological polar surface area (TPSA) is 82.0 Å². The summed E-state index contributed by atoms with van der Waals surface area (Å²) in [5, 5.41) is 3.96. The fraction of sp³-hybridized carbons (Fsp3) is 0.278. The summed E-state index contributed by atoms with van der Waals surface area (Å²) < 4.78 is 53.7. The van der Waals surface area contributed by atoms with Crippen LogP contribution in [-0.2, 0) is 15.7 Å². The highest BCUT2D eigenvalue weighted by Gasteiger charge is 2.30. The smallest absolute Gasteiger partial charge is 0.417 e. The molecule has 1 aromatic carbocycles. The molecule has 7 nitrogen and oxygen atoms in total. The molecule has 0 saturated carbocycles. The Labute approximate surface area is 173 Å². The van der Waals surface area contributed by atoms with Crippen LogP contribution in [0.3, 0.4) is 0 Å². The van der Waals surface area contributed by atoms with Crippen LogP contribution in [0, 0.1) is 0 Å². The molecule has 0 unspecified atom stereocenters. The number of halogens is 4. The van der Waals surface area contributed by atoms with E-state index in [1.807, 2.05) is 0 Å². The van der Waals surface area contributed by atoms with Crippen LogP contribution in [0.5, 0.6) is 11.5 Å². The number of ether oxygens (including phenoxy) is 3. The lowest BCUT2D eigenvalue weighted by Crippen LogP contribution is -2.13. The van der Waals surface area contributed by atoms with Crippen LogP contribution >= 0.6 is 15.9 Å². The second-order valence-electron chi connectivity index (χ2n) is 5.42. The molecule has 0 aliphatic rings. The molecule has 1 N–H and O–H groups in total. The SMILES string of the molecule is CCOc1cc(/C=N\Nc2ccc(C(F)(F)F)cn2)c(Br)cc1OCC(=O)OC. The van der Waals surface area contributed by atoms with Gasteiger partial charge in [-0.05, 0) is 47.1 Å². The van der Waals surface area contributed by atoms with Crippen LogP contribution in [0.25, 0.3) is 0 Å². The van der Waals surface area contributed by atoms with Gasteiger partial charge in [-0.1, -0.05) is 0 Å². The third-order valence-electron chi connectivity index (χ3n) is 3.41. The number of alkyl halides is 3. The molecule has 0 aliphatic heterocycles. The highest BCUT2D eigenvalue weighted by molar-refractivity contribution is 9.10. The highest BCUT2D eigenvalue weighted by atomic mass is 79.9. The van der Waals surface area contributed by atoms with E-state index >= 15 is 0 Å². The monoisotopic (exact) mass is 475 g/mol. The Morgan fingerprint density at radius 3 is 2.59 bits per heavy atom. The number of hydrogen-bond acceptors (Lipinski definition) is 7. The standard InChI is InChI=1S/C18H17BrF3N3O4/c1-3-28-14-6-11(13(19)7-15(14)29-10-17(26)27-2)8-24-25-16-5-4-12(9-23-16)18(20,21)22/h4-9H,3,10H2,1-2H3,(H,23,25)/b24-8-. The zero-order chi connectivity index (χ0) is 21.4. The molecule has 0 bridgehead atoms. The average molecular weight is 476 g/mol. The molecule has 1 aromatic heterocycles. The number of carbonyl (C=O) groups excluding carboxylic acids is 1. The summed E-state index contributed by atoms with van der Waals surface area (Å²) >= 11 is 3.36. The van der Waals surface area contributed by atoms with E-state index in [1.165, 1.54) is 19.4 Å². The van der Waals surface area contributed by atoms with Crippen molar-refractivity contribution < 1.29 is 32.2 Å². The van der Waals surface area contributed by atoms with E-state index in [2.05, 4.69) is 36.2 Å². The molecule has 1 heterocycles. The van der Waals surface area contributed by atoms with Gasteiger partial charge in [0.1, 0.15) is 5.82 Å². The number of esters is 1. The second-order valence-corrected chi connectivity index (χ2v) is 6.27. The molecule has 156 valence electrons. The van der Waals surface area contributed by atoms with E-state index < -0.39 is 17.7 Å². The predicted molar refractivity (Wildman–Crippen MR) is 103 cm³/mol. The Morgan fingerprint density at radius 2 is 2.00 bits per heavy atom. The third kappa shape index (κ3) is 6.63. The van der Waals surface area contributed by atoms with Gasteiger partial charge in [0.2, 0.25) is 0 Å². The lowest BCUT2D eigenvalue weighted by atomic mass is 10.2. The number of nitrogens with one attached hydrogen (secondary N) is 1. The van der Waals surface area contributed by atoms with E-state index in [9.17, 15) is 18.0 Å². The number of pyridine rings is 1. The maximum absolute atomic E-state index is 12.5. The summed E-state index contributed by atoms with van der Waals surface area (Å²) in [6.07, 6.45) is -2.31. The van der Waals surface area contributed by atoms with Gasteiger partial charge in [-0.25, -0.2) is 9.78 Å². The van der Waals surface area contributed by atoms with Gasteiger partial charge in [-0.3, -0.25) is 5.43 Å². The fourth-order valence-electron chi connectivity index (χ4n) is 2.02. The van der Waals surface area contributed by atoms with Crippen molar-refractivity contribution in [2.75, 3.05) is 25.7 Å². The Hall–Kier alpha value is -2.82. The van der Waals surface area contributed by atoms with Crippen LogP contribution in [0.1, 0.15) is 18.1 Å². The first-order valence-corrected chi connectivity index (χ1v) is 9.02. The first-order valence-electron chi connectivity index (χ1n) is 8.23. The van der Waals surface area contributed by atoms with Crippen molar-refractivity contribution in [1.29, 1.82) is 0 Å². The Morgan fingerprint density at radius 1 is 1.28 bits per heavy atom. The molecular weight excluding hydrogens is 459 g/mol. The number of aromatic nitrogens is 1. The normalized spacial score (nSPS) is 11.4. The van der Waals surface area contributed by atoms with Crippen molar-refractivity contribution in [3.05, 3.63) is 46.1 Å². The molecule has 0 spiro atoms. The van der Waals surface area contributed by atoms with Gasteiger partial charge in [0.05, 0.1) is 25.5 Å². The molecule has 2 rings (SSSR count). The molecule has 0 amide bonds. The molecule has 0 saturated heterocycles. The minimum absolute atomic E-state index is 0.147. The number of methoxy groups -OCH3 is 1. The quantitative estimate of drug-likeness (QED) is 0.349. The van der Waals surface area contributed by atoms with Crippen molar-refractivity contribution in [3.8, 4) is 11.5 Å². The van der Waals surface area contributed by atoms with E-state index in [4.69, 9.17) is 9.47 Å². The summed E-state index contributed by atoms with van der Waals surface area (Å²) in [6, 6.07) is 5.31. The lowest BCUT2D eigenvalue weighted by Gasteiger charge is -2.13. The minimum Gasteiger partial charge on any atom is -0.490 e. The summed E-state index contributed by atoms with van der Waals surface area (Å²) in [5.41, 5.74) is 2.30. The van der Waals surface area contributed by atoms with Crippen molar-refractivity contribution >= 4 is 33.9 Å². The van der Waals surface area contributed by atoms with Crippen molar-refractivity contribution in [3.63, 3.8) is 0 Å². The van der Waals surface area contributed by atoms with E-state index in [-0.39, 0.29) is 12.4 Å². The molecule has 0 atom stereocenters. The largest absolute Gasteiger partial charge is 0.490 e. The lowest BCUT2D eigenvalue weighted by molar-refractivity contribution is -0.143. The molecule has 0 radical (unpaired) electrons. The molecule has 2 aromatic rings. The maximum Gasteiger partial charge on any atom is 0.417 e. The summed E-state index contributed by atoms with van der Waals surface area (Å²) in [7, 11) is 1.25. The number of hydrazone groups is 1. The van der Waals surface area contributed by atoms with Crippen LogP contribution in [-0.4, -0.2) is 37.5 Å². The Kier molecular flexibility index (Phi) is 7.82. The van der Waals surface area contributed by atoms with Crippen molar-refractivity contribution in [2.24, 2.45) is 5.10 Å². The van der Waals surface area contributed by atoms with Crippen LogP contribution in [0.15, 0.2) is 40.0 Å². The molecular formula is C18H17BrF3N3O4. The Balaban J connectivity index is 2.12. The zero-order valence-corrected chi connectivity index (χ0v) is 17.0. The van der Waals surface area contributed by atoms with Gasteiger partial charge in [0.15, 0.2) is 18.1 Å². The maximum atomic E-state index is 12.5. The van der Waals surface area contributed by atoms with Gasteiger partial charge in [0.25, 0.3) is 0 Å². The van der Waals surface area contributed by atoms with Crippen molar-refractivity contribution in [2.45, 2.75) is 13.1 Å². The van der Waals surface area contributed by atoms with Crippen molar-refractivity contribution in [1.82, 2.24) is 4.98 Å². The first kappa shape index (κ1) is 22.5. The van der Waals surface area contributed by atoms with E-state index in [1.54, 1.807) is 19.1 Å². The number of rotatable bonds is 8. The van der Waals surface area contributed by atoms with E-state index in [0.29, 0.717) is 34.3 Å². The predicted octanol–water partition coefficient (Wildman–Crippen LogP) is 4.26. The van der Waals surface area contributed by atoms with Crippen LogP contribution < -0.4 is 14.9 Å². The molecule has 0 aliphatic carbocycles. The van der Waals surface area contributed by atoms with E-state index in [0.717, 1.165) is 6.07 Å². The number of anilines is 1. The van der Waals surface area contributed by atoms with Crippen LogP contribution in [0.4, 0.5) is 19.0 Å². The summed E-state index contributed by atoms with van der Waals surface area (Å²) in [4.78, 5) is 14.9. The third-order valence-corrected chi connectivity index (χ3v) is 4.10. The first-order chi connectivity index (χ1) is 13.7. The minimum atomic E-state index is -4.45. The summed E-state index contributed by atoms with van der Waals surface area (Å²) in [6.45, 7) is 1.87. The second kappa shape index (κ2) is 10.1.